The standard InChI is InChI=1S/C18H23BrN4O2S2/c1-3-5-6-7-10-25-14-9-8-12(19)11-13(14)16(24)20-17(26)21-18-23-22-15(4-2)27-18/h8-9,11H,3-7,10H2,1-2H3,(H2,20,21,23,24,26). The van der Waals surface area contributed by atoms with Gasteiger partial charge in [0.2, 0.25) is 5.13 Å². The second-order valence-corrected chi connectivity index (χ2v) is 8.20. The van der Waals surface area contributed by atoms with E-state index < -0.39 is 0 Å². The topological polar surface area (TPSA) is 76.1 Å². The van der Waals surface area contributed by atoms with Gasteiger partial charge in [0.15, 0.2) is 5.11 Å². The van der Waals surface area contributed by atoms with Gasteiger partial charge >= 0.3 is 0 Å². The van der Waals surface area contributed by atoms with Crippen molar-refractivity contribution in [2.75, 3.05) is 11.9 Å². The van der Waals surface area contributed by atoms with E-state index in [1.165, 1.54) is 24.2 Å². The molecule has 2 rings (SSSR count). The summed E-state index contributed by atoms with van der Waals surface area (Å²) in [7, 11) is 0. The lowest BCUT2D eigenvalue weighted by atomic mass is 10.2. The zero-order valence-corrected chi connectivity index (χ0v) is 18.6. The first-order valence-corrected chi connectivity index (χ1v) is 10.9. The van der Waals surface area contributed by atoms with Gasteiger partial charge in [0.05, 0.1) is 12.2 Å². The molecule has 0 fully saturated rings. The Bertz CT molecular complexity index is 782. The number of nitrogens with one attached hydrogen (secondary N) is 2. The third-order valence-corrected chi connectivity index (χ3v) is 5.34. The van der Waals surface area contributed by atoms with Crippen LogP contribution >= 0.6 is 39.5 Å². The number of benzene rings is 1. The summed E-state index contributed by atoms with van der Waals surface area (Å²) in [6.45, 7) is 4.75. The molecule has 1 heterocycles. The highest BCUT2D eigenvalue weighted by atomic mass is 79.9. The summed E-state index contributed by atoms with van der Waals surface area (Å²) in [5.74, 6) is 0.205. The molecule has 1 amide bonds. The Balaban J connectivity index is 1.97. The zero-order chi connectivity index (χ0) is 19.6. The summed E-state index contributed by atoms with van der Waals surface area (Å²) < 4.78 is 6.61. The molecule has 0 bridgehead atoms. The fourth-order valence-electron chi connectivity index (χ4n) is 2.26. The minimum Gasteiger partial charge on any atom is -0.493 e. The van der Waals surface area contributed by atoms with Crippen molar-refractivity contribution in [3.05, 3.63) is 33.2 Å². The molecular weight excluding hydrogens is 448 g/mol. The number of hydrogen-bond acceptors (Lipinski definition) is 6. The summed E-state index contributed by atoms with van der Waals surface area (Å²) in [5, 5.41) is 15.2. The smallest absolute Gasteiger partial charge is 0.261 e. The van der Waals surface area contributed by atoms with E-state index in [1.807, 2.05) is 13.0 Å². The summed E-state index contributed by atoms with van der Waals surface area (Å²) in [5.41, 5.74) is 0.426. The molecule has 146 valence electrons. The molecule has 0 atom stereocenters. The maximum absolute atomic E-state index is 12.6. The molecule has 0 saturated heterocycles. The summed E-state index contributed by atoms with van der Waals surface area (Å²) in [6.07, 6.45) is 5.23. The molecule has 6 nitrogen and oxygen atoms in total. The first kappa shape index (κ1) is 21.7. The van der Waals surface area contributed by atoms with E-state index in [1.54, 1.807) is 12.1 Å². The van der Waals surface area contributed by atoms with E-state index in [-0.39, 0.29) is 11.0 Å². The number of anilines is 1. The van der Waals surface area contributed by atoms with Crippen LogP contribution < -0.4 is 15.4 Å². The highest BCUT2D eigenvalue weighted by Gasteiger charge is 2.15. The van der Waals surface area contributed by atoms with Gasteiger partial charge in [-0.15, -0.1) is 10.2 Å². The van der Waals surface area contributed by atoms with Crippen LogP contribution in [0.15, 0.2) is 22.7 Å². The van der Waals surface area contributed by atoms with Crippen LogP contribution in [0, 0.1) is 0 Å². The van der Waals surface area contributed by atoms with Crippen molar-refractivity contribution in [2.24, 2.45) is 0 Å². The lowest BCUT2D eigenvalue weighted by Crippen LogP contribution is -2.34. The number of amides is 1. The van der Waals surface area contributed by atoms with Crippen molar-refractivity contribution in [2.45, 2.75) is 46.0 Å². The maximum atomic E-state index is 12.6. The van der Waals surface area contributed by atoms with Crippen LogP contribution in [0.5, 0.6) is 5.75 Å². The van der Waals surface area contributed by atoms with Gasteiger partial charge in [0.1, 0.15) is 10.8 Å². The van der Waals surface area contributed by atoms with Crippen LogP contribution in [0.1, 0.15) is 54.9 Å². The van der Waals surface area contributed by atoms with E-state index >= 15 is 0 Å². The van der Waals surface area contributed by atoms with Crippen LogP contribution in [0.2, 0.25) is 0 Å². The fourth-order valence-corrected chi connectivity index (χ4v) is 3.56. The largest absolute Gasteiger partial charge is 0.493 e. The highest BCUT2D eigenvalue weighted by Crippen LogP contribution is 2.24. The van der Waals surface area contributed by atoms with Crippen LogP contribution in [-0.4, -0.2) is 27.8 Å². The molecular formula is C18H23BrN4O2S2. The van der Waals surface area contributed by atoms with Gasteiger partial charge < -0.3 is 10.1 Å². The van der Waals surface area contributed by atoms with Crippen LogP contribution in [0.4, 0.5) is 5.13 Å². The molecule has 0 saturated carbocycles. The predicted octanol–water partition coefficient (Wildman–Crippen LogP) is 4.95. The van der Waals surface area contributed by atoms with E-state index in [9.17, 15) is 4.79 Å². The number of unbranched alkanes of at least 4 members (excludes halogenated alkanes) is 3. The van der Waals surface area contributed by atoms with Gasteiger partial charge in [-0.05, 0) is 43.3 Å². The van der Waals surface area contributed by atoms with Crippen molar-refractivity contribution in [3.8, 4) is 5.75 Å². The highest BCUT2D eigenvalue weighted by molar-refractivity contribution is 9.10. The molecule has 0 aliphatic carbocycles. The molecule has 2 aromatic rings. The molecule has 0 spiro atoms. The minimum absolute atomic E-state index is 0.174. The van der Waals surface area contributed by atoms with Crippen molar-refractivity contribution in [3.63, 3.8) is 0 Å². The van der Waals surface area contributed by atoms with E-state index in [0.717, 1.165) is 28.7 Å². The summed E-state index contributed by atoms with van der Waals surface area (Å²) >= 11 is 10.0. The second-order valence-electron chi connectivity index (χ2n) is 5.81. The lowest BCUT2D eigenvalue weighted by Gasteiger charge is -2.13. The number of aromatic nitrogens is 2. The number of carbonyl (C=O) groups excluding carboxylic acids is 1. The average Bonchev–Trinajstić information content (AvgIpc) is 3.09. The Morgan fingerprint density at radius 3 is 2.78 bits per heavy atom. The molecule has 0 radical (unpaired) electrons. The van der Waals surface area contributed by atoms with Crippen molar-refractivity contribution in [1.82, 2.24) is 15.5 Å². The molecule has 1 aromatic heterocycles. The first-order valence-electron chi connectivity index (χ1n) is 8.90. The fraction of sp³-hybridized carbons (Fsp3) is 0.444. The van der Waals surface area contributed by atoms with Gasteiger partial charge in [-0.2, -0.15) is 0 Å². The number of nitrogens with zero attached hydrogens (tertiary/aromatic N) is 2. The first-order chi connectivity index (χ1) is 13.0. The molecule has 0 aliphatic rings. The Labute approximate surface area is 177 Å². The third kappa shape index (κ3) is 7.15. The maximum Gasteiger partial charge on any atom is 0.261 e. The monoisotopic (exact) mass is 470 g/mol. The van der Waals surface area contributed by atoms with Crippen molar-refractivity contribution < 1.29 is 9.53 Å². The number of hydrogen-bond donors (Lipinski definition) is 2. The van der Waals surface area contributed by atoms with Crippen molar-refractivity contribution >= 4 is 55.6 Å². The third-order valence-electron chi connectivity index (χ3n) is 3.66. The van der Waals surface area contributed by atoms with Gasteiger partial charge in [0, 0.05) is 4.47 Å². The van der Waals surface area contributed by atoms with Crippen molar-refractivity contribution in [1.29, 1.82) is 0 Å². The lowest BCUT2D eigenvalue weighted by molar-refractivity contribution is 0.0973. The van der Waals surface area contributed by atoms with Gasteiger partial charge in [-0.3, -0.25) is 10.1 Å². The van der Waals surface area contributed by atoms with E-state index in [2.05, 4.69) is 43.7 Å². The number of thiocarbonyl (C=S) groups is 1. The molecule has 27 heavy (non-hydrogen) atoms. The SMILES string of the molecule is CCCCCCOc1ccc(Br)cc1C(=O)NC(=S)Nc1nnc(CC)s1. The zero-order valence-electron chi connectivity index (χ0n) is 15.4. The Morgan fingerprint density at radius 1 is 1.26 bits per heavy atom. The number of carbonyl (C=O) groups is 1. The quantitative estimate of drug-likeness (QED) is 0.398. The second kappa shape index (κ2) is 11.3. The summed E-state index contributed by atoms with van der Waals surface area (Å²) in [6, 6.07) is 5.36. The molecule has 0 unspecified atom stereocenters. The van der Waals surface area contributed by atoms with Crippen LogP contribution in [-0.2, 0) is 6.42 Å². The number of aryl methyl sites for hydroxylation is 1. The van der Waals surface area contributed by atoms with Gasteiger partial charge in [-0.25, -0.2) is 0 Å². The van der Waals surface area contributed by atoms with E-state index in [0.29, 0.717) is 23.1 Å². The molecule has 0 aliphatic heterocycles. The van der Waals surface area contributed by atoms with Gasteiger partial charge in [0.25, 0.3) is 5.91 Å². The Hall–Kier alpha value is -1.58. The number of ether oxygens (including phenoxy) is 1. The number of rotatable bonds is 9. The van der Waals surface area contributed by atoms with E-state index in [4.69, 9.17) is 17.0 Å². The Kier molecular flexibility index (Phi) is 9.09. The van der Waals surface area contributed by atoms with Gasteiger partial charge in [-0.1, -0.05) is 60.4 Å². The molecule has 1 aromatic carbocycles. The van der Waals surface area contributed by atoms with Crippen LogP contribution in [0.25, 0.3) is 0 Å². The normalized spacial score (nSPS) is 10.5. The number of halogens is 1. The Morgan fingerprint density at radius 2 is 2.07 bits per heavy atom. The van der Waals surface area contributed by atoms with Crippen LogP contribution in [0.3, 0.4) is 0 Å². The predicted molar refractivity (Wildman–Crippen MR) is 117 cm³/mol. The molecule has 2 N–H and O–H groups in total. The minimum atomic E-state index is -0.336. The summed E-state index contributed by atoms with van der Waals surface area (Å²) in [4.78, 5) is 12.6. The average molecular weight is 471 g/mol. The molecule has 9 heteroatoms.